The van der Waals surface area contributed by atoms with Crippen LogP contribution in [0.2, 0.25) is 0 Å². The molecule has 2 fully saturated rings. The van der Waals surface area contributed by atoms with Gasteiger partial charge in [-0.3, -0.25) is 0 Å². The molecular formula is C20H18O6. The molecule has 2 saturated heterocycles. The van der Waals surface area contributed by atoms with Crippen molar-refractivity contribution in [3.63, 3.8) is 0 Å². The second-order valence-electron chi connectivity index (χ2n) is 6.21. The Kier molecular flexibility index (Phi) is 4.69. The molecule has 2 aliphatic heterocycles. The van der Waals surface area contributed by atoms with Crippen molar-refractivity contribution < 1.29 is 28.5 Å². The zero-order valence-electron chi connectivity index (χ0n) is 13.9. The lowest BCUT2D eigenvalue weighted by Crippen LogP contribution is -2.72. The summed E-state index contributed by atoms with van der Waals surface area (Å²) in [4.78, 5) is 23.8. The number of hydrogen-bond acceptors (Lipinski definition) is 6. The van der Waals surface area contributed by atoms with Crippen molar-refractivity contribution in [3.8, 4) is 0 Å². The lowest BCUT2D eigenvalue weighted by Gasteiger charge is -2.56. The smallest absolute Gasteiger partial charge is 0.338 e. The van der Waals surface area contributed by atoms with E-state index in [2.05, 4.69) is 0 Å². The number of hydrogen-bond donors (Lipinski definition) is 0. The quantitative estimate of drug-likeness (QED) is 0.741. The molecule has 134 valence electrons. The standard InChI is InChI=1S/C20H18O6/c21-19(13-7-3-1-4-8-13)23-11-15-17-18(25-15)16(26-17)12-24-20(22)14-9-5-2-6-10-14/h1-10,15-18H,11-12H2/t15-,16+,17-,18+. The number of ether oxygens (including phenoxy) is 4. The van der Waals surface area contributed by atoms with E-state index in [4.69, 9.17) is 18.9 Å². The highest BCUT2D eigenvalue weighted by Crippen LogP contribution is 2.39. The van der Waals surface area contributed by atoms with E-state index < -0.39 is 0 Å². The molecule has 4 atom stereocenters. The summed E-state index contributed by atoms with van der Waals surface area (Å²) in [5.41, 5.74) is 1.01. The molecule has 2 aromatic rings. The molecule has 0 radical (unpaired) electrons. The van der Waals surface area contributed by atoms with Crippen molar-refractivity contribution in [2.75, 3.05) is 13.2 Å². The van der Waals surface area contributed by atoms with Crippen LogP contribution in [0, 0.1) is 0 Å². The second kappa shape index (κ2) is 7.27. The fourth-order valence-electron chi connectivity index (χ4n) is 3.03. The molecule has 0 N–H and O–H groups in total. The highest BCUT2D eigenvalue weighted by molar-refractivity contribution is 5.89. The largest absolute Gasteiger partial charge is 0.459 e. The minimum Gasteiger partial charge on any atom is -0.459 e. The van der Waals surface area contributed by atoms with Crippen molar-refractivity contribution in [1.29, 1.82) is 0 Å². The monoisotopic (exact) mass is 354 g/mol. The zero-order valence-corrected chi connectivity index (χ0v) is 13.9. The third kappa shape index (κ3) is 3.34. The van der Waals surface area contributed by atoms with Crippen molar-refractivity contribution in [2.24, 2.45) is 0 Å². The number of carbonyl (C=O) groups is 2. The van der Waals surface area contributed by atoms with Gasteiger partial charge in [0.2, 0.25) is 0 Å². The first-order chi connectivity index (χ1) is 12.7. The fourth-order valence-corrected chi connectivity index (χ4v) is 3.03. The Morgan fingerprint density at radius 1 is 0.692 bits per heavy atom. The van der Waals surface area contributed by atoms with Crippen LogP contribution in [-0.2, 0) is 18.9 Å². The summed E-state index contributed by atoms with van der Waals surface area (Å²) in [6.45, 7) is 0.289. The summed E-state index contributed by atoms with van der Waals surface area (Å²) in [6.07, 6.45) is -0.763. The Morgan fingerprint density at radius 2 is 1.08 bits per heavy atom. The number of rotatable bonds is 6. The predicted molar refractivity (Wildman–Crippen MR) is 90.8 cm³/mol. The summed E-state index contributed by atoms with van der Waals surface area (Å²) in [5, 5.41) is 0. The maximum absolute atomic E-state index is 11.9. The molecular weight excluding hydrogens is 336 g/mol. The minimum absolute atomic E-state index is 0.112. The Morgan fingerprint density at radius 3 is 1.42 bits per heavy atom. The first-order valence-corrected chi connectivity index (χ1v) is 8.47. The molecule has 6 heteroatoms. The van der Waals surface area contributed by atoms with Crippen LogP contribution in [0.1, 0.15) is 20.7 Å². The Labute approximate surface area is 150 Å². The van der Waals surface area contributed by atoms with Gasteiger partial charge in [0.15, 0.2) is 0 Å². The van der Waals surface area contributed by atoms with E-state index in [9.17, 15) is 9.59 Å². The zero-order chi connectivity index (χ0) is 17.9. The minimum atomic E-state index is -0.384. The molecule has 2 aliphatic rings. The SMILES string of the molecule is O=C(OC[C@@H]1O[C@H]2[C@H]1O[C@@H]2COC(=O)c1ccccc1)c1ccccc1. The highest BCUT2D eigenvalue weighted by atomic mass is 16.7. The number of benzene rings is 2. The van der Waals surface area contributed by atoms with Crippen LogP contribution < -0.4 is 0 Å². The molecule has 4 rings (SSSR count). The lowest BCUT2D eigenvalue weighted by atomic mass is 9.90. The van der Waals surface area contributed by atoms with Crippen LogP contribution >= 0.6 is 0 Å². The van der Waals surface area contributed by atoms with Gasteiger partial charge in [-0.15, -0.1) is 0 Å². The van der Waals surface area contributed by atoms with Gasteiger partial charge in [-0.05, 0) is 24.3 Å². The van der Waals surface area contributed by atoms with Gasteiger partial charge in [0, 0.05) is 0 Å². The normalized spacial score (nSPS) is 26.0. The molecule has 26 heavy (non-hydrogen) atoms. The third-order valence-corrected chi connectivity index (χ3v) is 4.50. The van der Waals surface area contributed by atoms with E-state index in [1.165, 1.54) is 0 Å². The average Bonchev–Trinajstić information content (AvgIpc) is 2.69. The topological polar surface area (TPSA) is 71.1 Å². The average molecular weight is 354 g/mol. The maximum Gasteiger partial charge on any atom is 0.338 e. The van der Waals surface area contributed by atoms with Gasteiger partial charge in [0.1, 0.15) is 37.6 Å². The molecule has 0 aromatic heterocycles. The molecule has 0 unspecified atom stereocenters. The maximum atomic E-state index is 11.9. The van der Waals surface area contributed by atoms with Gasteiger partial charge < -0.3 is 18.9 Å². The first-order valence-electron chi connectivity index (χ1n) is 8.47. The van der Waals surface area contributed by atoms with Crippen LogP contribution in [-0.4, -0.2) is 49.6 Å². The van der Waals surface area contributed by atoms with Crippen LogP contribution in [0.25, 0.3) is 0 Å². The van der Waals surface area contributed by atoms with Gasteiger partial charge >= 0.3 is 11.9 Å². The van der Waals surface area contributed by atoms with Gasteiger partial charge in [0.25, 0.3) is 0 Å². The molecule has 0 saturated carbocycles. The molecule has 0 spiro atoms. The van der Waals surface area contributed by atoms with Crippen LogP contribution in [0.5, 0.6) is 0 Å². The van der Waals surface area contributed by atoms with E-state index in [1.807, 2.05) is 12.1 Å². The summed E-state index contributed by atoms with van der Waals surface area (Å²) in [7, 11) is 0. The summed E-state index contributed by atoms with van der Waals surface area (Å²) in [6, 6.07) is 17.6. The van der Waals surface area contributed by atoms with Crippen molar-refractivity contribution in [1.82, 2.24) is 0 Å². The van der Waals surface area contributed by atoms with Crippen molar-refractivity contribution in [2.45, 2.75) is 24.4 Å². The van der Waals surface area contributed by atoms with Crippen molar-refractivity contribution >= 4 is 11.9 Å². The summed E-state index contributed by atoms with van der Waals surface area (Å²) in [5.74, 6) is -0.768. The van der Waals surface area contributed by atoms with Crippen LogP contribution in [0.3, 0.4) is 0 Å². The molecule has 6 nitrogen and oxygen atoms in total. The van der Waals surface area contributed by atoms with Crippen LogP contribution in [0.4, 0.5) is 0 Å². The van der Waals surface area contributed by atoms with E-state index in [-0.39, 0.29) is 49.6 Å². The molecule has 0 aliphatic carbocycles. The third-order valence-electron chi connectivity index (χ3n) is 4.50. The van der Waals surface area contributed by atoms with Crippen LogP contribution in [0.15, 0.2) is 60.7 Å². The van der Waals surface area contributed by atoms with Gasteiger partial charge in [-0.1, -0.05) is 36.4 Å². The van der Waals surface area contributed by atoms with E-state index >= 15 is 0 Å². The number of esters is 2. The summed E-state index contributed by atoms with van der Waals surface area (Å²) >= 11 is 0. The molecule has 2 aromatic carbocycles. The van der Waals surface area contributed by atoms with Gasteiger partial charge in [0.05, 0.1) is 11.1 Å². The summed E-state index contributed by atoms with van der Waals surface area (Å²) < 4.78 is 21.9. The lowest BCUT2D eigenvalue weighted by molar-refractivity contribution is -0.376. The molecule has 2 heterocycles. The van der Waals surface area contributed by atoms with E-state index in [1.54, 1.807) is 48.5 Å². The number of fused-ring (bicyclic) bond motifs is 1. The molecule has 0 amide bonds. The van der Waals surface area contributed by atoms with E-state index in [0.717, 1.165) is 0 Å². The Hall–Kier alpha value is -2.70. The Bertz CT molecular complexity index is 708. The van der Waals surface area contributed by atoms with Crippen molar-refractivity contribution in [3.05, 3.63) is 71.8 Å². The first kappa shape index (κ1) is 16.8. The van der Waals surface area contributed by atoms with Gasteiger partial charge in [-0.25, -0.2) is 9.59 Å². The second-order valence-corrected chi connectivity index (χ2v) is 6.21. The fraction of sp³-hybridized carbons (Fsp3) is 0.300. The number of carbonyl (C=O) groups excluding carboxylic acids is 2. The van der Waals surface area contributed by atoms with Gasteiger partial charge in [-0.2, -0.15) is 0 Å². The predicted octanol–water partition coefficient (Wildman–Crippen LogP) is 2.24. The molecule has 0 bridgehead atoms. The Balaban J connectivity index is 1.17. The van der Waals surface area contributed by atoms with E-state index in [0.29, 0.717) is 11.1 Å². The highest BCUT2D eigenvalue weighted by Gasteiger charge is 2.58.